The van der Waals surface area contributed by atoms with Crippen molar-refractivity contribution in [3.05, 3.63) is 35.9 Å². The maximum atomic E-state index is 6.90. The Labute approximate surface area is 171 Å². The highest BCUT2D eigenvalue weighted by atomic mass is 28.4. The zero-order valence-electron chi connectivity index (χ0n) is 18.6. The van der Waals surface area contributed by atoms with Crippen LogP contribution >= 0.6 is 0 Å². The van der Waals surface area contributed by atoms with Crippen LogP contribution in [0.3, 0.4) is 0 Å². The highest BCUT2D eigenvalue weighted by Crippen LogP contribution is 2.31. The minimum atomic E-state index is -1.63. The van der Waals surface area contributed by atoms with Crippen molar-refractivity contribution in [1.29, 1.82) is 0 Å². The van der Waals surface area contributed by atoms with E-state index in [1.54, 1.807) is 0 Å². The summed E-state index contributed by atoms with van der Waals surface area (Å²) in [5.74, 6) is 0. The van der Waals surface area contributed by atoms with Gasteiger partial charge in [-0.2, -0.15) is 0 Å². The average molecular weight is 391 g/mol. The third kappa shape index (κ3) is 11.8. The van der Waals surface area contributed by atoms with Crippen molar-refractivity contribution in [1.82, 2.24) is 0 Å². The third-order valence-corrected chi connectivity index (χ3v) is 10.4. The average Bonchev–Trinajstić information content (AvgIpc) is 2.71. The van der Waals surface area contributed by atoms with Crippen LogP contribution in [0.5, 0.6) is 0 Å². The van der Waals surface area contributed by atoms with E-state index >= 15 is 0 Å². The van der Waals surface area contributed by atoms with Gasteiger partial charge in [-0.05, 0) is 23.7 Å². The van der Waals surface area contributed by atoms with Crippen LogP contribution < -0.4 is 0 Å². The molecular weight excluding hydrogens is 344 g/mol. The second-order valence-electron chi connectivity index (χ2n) is 8.39. The monoisotopic (exact) mass is 390 g/mol. The molecule has 0 bridgehead atoms. The molecule has 1 aromatic rings. The molecule has 0 saturated heterocycles. The fourth-order valence-electron chi connectivity index (χ4n) is 4.02. The molecule has 1 aromatic carbocycles. The van der Waals surface area contributed by atoms with Crippen molar-refractivity contribution in [2.24, 2.45) is 0 Å². The normalized spacial score (nSPS) is 11.8. The van der Waals surface area contributed by atoms with Crippen LogP contribution in [0, 0.1) is 0 Å². The smallest absolute Gasteiger partial charge is 0.193 e. The molecule has 0 spiro atoms. The van der Waals surface area contributed by atoms with Crippen molar-refractivity contribution < 1.29 is 4.43 Å². The fraction of sp³-hybridized carbons (Fsp3) is 0.760. The van der Waals surface area contributed by atoms with Crippen molar-refractivity contribution >= 4 is 8.32 Å². The Morgan fingerprint density at radius 3 is 1.44 bits per heavy atom. The molecule has 0 unspecified atom stereocenters. The lowest BCUT2D eigenvalue weighted by molar-refractivity contribution is 0.281. The maximum absolute atomic E-state index is 6.90. The molecule has 0 aromatic heterocycles. The molecule has 27 heavy (non-hydrogen) atoms. The van der Waals surface area contributed by atoms with Gasteiger partial charge in [0.25, 0.3) is 0 Å². The first-order chi connectivity index (χ1) is 13.3. The van der Waals surface area contributed by atoms with E-state index in [0.29, 0.717) is 0 Å². The second kappa shape index (κ2) is 16.4. The lowest BCUT2D eigenvalue weighted by Crippen LogP contribution is -2.38. The Morgan fingerprint density at radius 2 is 1.04 bits per heavy atom. The minimum absolute atomic E-state index is 0.836. The standard InChI is InChI=1S/C25H46OSi/c1-4-7-10-16-21-27(22-17-11-8-5-2,23-18-12-9-6-3)26-24-25-19-14-13-15-20-25/h13-15,19-20H,4-12,16-18,21-24H2,1-3H3. The molecule has 0 fully saturated rings. The first-order valence-electron chi connectivity index (χ1n) is 11.9. The number of rotatable bonds is 18. The molecule has 156 valence electrons. The topological polar surface area (TPSA) is 9.23 Å². The van der Waals surface area contributed by atoms with E-state index in [1.807, 2.05) is 0 Å². The summed E-state index contributed by atoms with van der Waals surface area (Å²) in [6.45, 7) is 7.77. The second-order valence-corrected chi connectivity index (χ2v) is 12.5. The van der Waals surface area contributed by atoms with Crippen LogP contribution in [0.15, 0.2) is 30.3 Å². The first kappa shape index (κ1) is 24.4. The Kier molecular flexibility index (Phi) is 14.8. The van der Waals surface area contributed by atoms with E-state index in [2.05, 4.69) is 51.1 Å². The van der Waals surface area contributed by atoms with E-state index in [-0.39, 0.29) is 0 Å². The SMILES string of the molecule is CCCCCC[Si](CCCCCC)(CCCCCC)OCc1ccccc1. The van der Waals surface area contributed by atoms with Gasteiger partial charge in [0.2, 0.25) is 0 Å². The molecule has 0 atom stereocenters. The van der Waals surface area contributed by atoms with Crippen LogP contribution in [0.4, 0.5) is 0 Å². The molecule has 1 rings (SSSR count). The molecule has 0 aliphatic carbocycles. The van der Waals surface area contributed by atoms with Crippen LogP contribution in [-0.4, -0.2) is 8.32 Å². The summed E-state index contributed by atoms with van der Waals surface area (Å²) in [4.78, 5) is 0. The number of hydrogen-bond donors (Lipinski definition) is 0. The molecule has 0 saturated carbocycles. The first-order valence-corrected chi connectivity index (χ1v) is 14.5. The zero-order valence-corrected chi connectivity index (χ0v) is 19.6. The van der Waals surface area contributed by atoms with E-state index in [0.717, 1.165) is 6.61 Å². The summed E-state index contributed by atoms with van der Waals surface area (Å²) in [6.07, 6.45) is 16.5. The molecule has 0 aliphatic rings. The molecular formula is C25H46OSi. The summed E-state index contributed by atoms with van der Waals surface area (Å²) in [6, 6.07) is 15.0. The molecule has 0 amide bonds. The van der Waals surface area contributed by atoms with Gasteiger partial charge in [0.05, 0.1) is 6.61 Å². The van der Waals surface area contributed by atoms with Gasteiger partial charge in [-0.15, -0.1) is 0 Å². The number of benzene rings is 1. The van der Waals surface area contributed by atoms with Crippen molar-refractivity contribution in [3.63, 3.8) is 0 Å². The highest BCUT2D eigenvalue weighted by molar-refractivity contribution is 6.73. The van der Waals surface area contributed by atoms with E-state index in [1.165, 1.54) is 101 Å². The summed E-state index contributed by atoms with van der Waals surface area (Å²) in [5.41, 5.74) is 1.35. The van der Waals surface area contributed by atoms with Crippen LogP contribution in [0.1, 0.15) is 103 Å². The predicted molar refractivity (Wildman–Crippen MR) is 124 cm³/mol. The molecule has 0 heterocycles. The number of hydrogen-bond acceptors (Lipinski definition) is 1. The largest absolute Gasteiger partial charge is 0.413 e. The van der Waals surface area contributed by atoms with Crippen molar-refractivity contribution in [2.75, 3.05) is 0 Å². The minimum Gasteiger partial charge on any atom is -0.413 e. The number of unbranched alkanes of at least 4 members (excludes halogenated alkanes) is 9. The van der Waals surface area contributed by atoms with Gasteiger partial charge in [0, 0.05) is 0 Å². The summed E-state index contributed by atoms with van der Waals surface area (Å²) < 4.78 is 6.90. The highest BCUT2D eigenvalue weighted by Gasteiger charge is 2.33. The van der Waals surface area contributed by atoms with Gasteiger partial charge in [-0.3, -0.25) is 0 Å². The Balaban J connectivity index is 2.71. The fourth-order valence-corrected chi connectivity index (χ4v) is 8.36. The molecule has 1 nitrogen and oxygen atoms in total. The lowest BCUT2D eigenvalue weighted by atomic mass is 10.2. The summed E-state index contributed by atoms with van der Waals surface area (Å²) in [7, 11) is -1.63. The van der Waals surface area contributed by atoms with Gasteiger partial charge in [0.1, 0.15) is 0 Å². The van der Waals surface area contributed by atoms with Gasteiger partial charge in [-0.25, -0.2) is 0 Å². The van der Waals surface area contributed by atoms with E-state index in [4.69, 9.17) is 4.43 Å². The van der Waals surface area contributed by atoms with Gasteiger partial charge < -0.3 is 4.43 Å². The van der Waals surface area contributed by atoms with Gasteiger partial charge >= 0.3 is 0 Å². The quantitative estimate of drug-likeness (QED) is 0.179. The molecule has 0 N–H and O–H groups in total. The molecule has 0 aliphatic heterocycles. The van der Waals surface area contributed by atoms with Crippen LogP contribution in [0.2, 0.25) is 18.1 Å². The van der Waals surface area contributed by atoms with Gasteiger partial charge in [-0.1, -0.05) is 128 Å². The van der Waals surface area contributed by atoms with Crippen LogP contribution in [0.25, 0.3) is 0 Å². The van der Waals surface area contributed by atoms with E-state index in [9.17, 15) is 0 Å². The zero-order chi connectivity index (χ0) is 19.6. The summed E-state index contributed by atoms with van der Waals surface area (Å²) >= 11 is 0. The molecule has 2 heteroatoms. The predicted octanol–water partition coefficient (Wildman–Crippen LogP) is 8.89. The third-order valence-electron chi connectivity index (χ3n) is 5.85. The Bertz CT molecular complexity index is 400. The van der Waals surface area contributed by atoms with Crippen LogP contribution in [-0.2, 0) is 11.0 Å². The van der Waals surface area contributed by atoms with Gasteiger partial charge in [0.15, 0.2) is 8.32 Å². The maximum Gasteiger partial charge on any atom is 0.193 e. The lowest BCUT2D eigenvalue weighted by Gasteiger charge is -2.32. The Hall–Kier alpha value is -0.603. The molecule has 0 radical (unpaired) electrons. The van der Waals surface area contributed by atoms with E-state index < -0.39 is 8.32 Å². The summed E-state index contributed by atoms with van der Waals surface area (Å²) in [5, 5.41) is 0. The van der Waals surface area contributed by atoms with Crippen molar-refractivity contribution in [3.8, 4) is 0 Å². The van der Waals surface area contributed by atoms with Crippen molar-refractivity contribution in [2.45, 2.75) is 123 Å². The Morgan fingerprint density at radius 1 is 0.593 bits per heavy atom.